The highest BCUT2D eigenvalue weighted by atomic mass is 35.5. The van der Waals surface area contributed by atoms with Crippen molar-refractivity contribution < 1.29 is 17.0 Å². The van der Waals surface area contributed by atoms with E-state index in [9.17, 15) is 17.0 Å². The van der Waals surface area contributed by atoms with Crippen molar-refractivity contribution in [1.29, 1.82) is 0 Å². The lowest BCUT2D eigenvalue weighted by atomic mass is 10.1. The average Bonchev–Trinajstić information content (AvgIpc) is 2.64. The Labute approximate surface area is 183 Å². The fourth-order valence-corrected chi connectivity index (χ4v) is 5.37. The fourth-order valence-electron chi connectivity index (χ4n) is 2.87. The van der Waals surface area contributed by atoms with Crippen LogP contribution in [0.4, 0.5) is 10.1 Å². The zero-order valence-corrected chi connectivity index (χ0v) is 19.2. The van der Waals surface area contributed by atoms with E-state index < -0.39 is 32.7 Å². The summed E-state index contributed by atoms with van der Waals surface area (Å²) < 4.78 is 54.2. The van der Waals surface area contributed by atoms with Crippen molar-refractivity contribution in [2.75, 3.05) is 16.3 Å². The quantitative estimate of drug-likeness (QED) is 0.452. The normalized spacial score (nSPS) is 14.1. The van der Waals surface area contributed by atoms with E-state index in [1.807, 2.05) is 0 Å². The SMILES string of the molecule is C/C=C/[C@H](CCCS(C)=O)N(c1cc(Cl)ccc1F)S(=O)(=O)c1ccc(Cl)cc1. The Morgan fingerprint density at radius 1 is 1.14 bits per heavy atom. The summed E-state index contributed by atoms with van der Waals surface area (Å²) in [4.78, 5) is -0.0187. The molecular formula is C20H22Cl2FNO3S2. The van der Waals surface area contributed by atoms with Crippen molar-refractivity contribution >= 4 is 49.7 Å². The Morgan fingerprint density at radius 2 is 1.76 bits per heavy atom. The predicted octanol–water partition coefficient (Wildman–Crippen LogP) is 5.43. The first-order valence-electron chi connectivity index (χ1n) is 8.84. The average molecular weight is 478 g/mol. The van der Waals surface area contributed by atoms with Gasteiger partial charge in [0.05, 0.1) is 16.6 Å². The number of hydrogen-bond acceptors (Lipinski definition) is 3. The zero-order valence-electron chi connectivity index (χ0n) is 16.0. The number of anilines is 1. The second kappa shape index (κ2) is 10.6. The molecule has 9 heteroatoms. The van der Waals surface area contributed by atoms with Crippen molar-refractivity contribution in [3.63, 3.8) is 0 Å². The fraction of sp³-hybridized carbons (Fsp3) is 0.300. The number of sulfonamides is 1. The van der Waals surface area contributed by atoms with E-state index in [1.165, 1.54) is 36.4 Å². The lowest BCUT2D eigenvalue weighted by Crippen LogP contribution is -2.40. The Bertz CT molecular complexity index is 995. The molecule has 0 fully saturated rings. The highest BCUT2D eigenvalue weighted by molar-refractivity contribution is 7.92. The third-order valence-corrected chi connectivity index (χ3v) is 7.37. The van der Waals surface area contributed by atoms with E-state index in [0.717, 1.165) is 10.4 Å². The van der Waals surface area contributed by atoms with Crippen LogP contribution in [-0.4, -0.2) is 30.7 Å². The van der Waals surface area contributed by atoms with Gasteiger partial charge < -0.3 is 0 Å². The van der Waals surface area contributed by atoms with E-state index in [-0.39, 0.29) is 15.6 Å². The molecule has 0 spiro atoms. The van der Waals surface area contributed by atoms with Gasteiger partial charge in [0.1, 0.15) is 5.82 Å². The maximum absolute atomic E-state index is 14.7. The summed E-state index contributed by atoms with van der Waals surface area (Å²) in [6.45, 7) is 1.76. The third-order valence-electron chi connectivity index (χ3n) is 4.16. The number of rotatable bonds is 9. The molecule has 0 aliphatic rings. The highest BCUT2D eigenvalue weighted by Gasteiger charge is 2.32. The van der Waals surface area contributed by atoms with Gasteiger partial charge in [-0.15, -0.1) is 0 Å². The second-order valence-corrected chi connectivity index (χ2v) is 10.6. The maximum Gasteiger partial charge on any atom is 0.264 e. The Hall–Kier alpha value is -1.41. The van der Waals surface area contributed by atoms with Crippen LogP contribution >= 0.6 is 23.2 Å². The number of halogens is 3. The van der Waals surface area contributed by atoms with E-state index in [4.69, 9.17) is 23.2 Å². The number of allylic oxidation sites excluding steroid dienone is 1. The van der Waals surface area contributed by atoms with Gasteiger partial charge in [-0.1, -0.05) is 35.4 Å². The van der Waals surface area contributed by atoms with Crippen LogP contribution in [0.5, 0.6) is 0 Å². The molecule has 0 aliphatic heterocycles. The van der Waals surface area contributed by atoms with Gasteiger partial charge in [-0.3, -0.25) is 8.51 Å². The van der Waals surface area contributed by atoms with Crippen molar-refractivity contribution in [2.45, 2.75) is 30.7 Å². The standard InChI is InChI=1S/C20H22Cl2FNO3S2/c1-3-5-17(6-4-13-28(2)25)24(20-14-16(22)9-12-19(20)23)29(26,27)18-10-7-15(21)8-11-18/h3,5,7-12,14,17H,4,6,13H2,1-2H3/b5-3+/t17-,28?/m1/s1. The van der Waals surface area contributed by atoms with Gasteiger partial charge in [0.2, 0.25) is 0 Å². The van der Waals surface area contributed by atoms with Crippen molar-refractivity contribution in [1.82, 2.24) is 0 Å². The largest absolute Gasteiger partial charge is 0.264 e. The predicted molar refractivity (Wildman–Crippen MR) is 119 cm³/mol. The molecule has 0 heterocycles. The summed E-state index contributed by atoms with van der Waals surface area (Å²) in [5.74, 6) is -0.290. The molecule has 0 aromatic heterocycles. The van der Waals surface area contributed by atoms with E-state index >= 15 is 0 Å². The number of benzene rings is 2. The number of nitrogens with zero attached hydrogens (tertiary/aromatic N) is 1. The van der Waals surface area contributed by atoms with Crippen molar-refractivity contribution in [3.8, 4) is 0 Å². The molecule has 2 aromatic carbocycles. The molecule has 0 saturated carbocycles. The molecule has 29 heavy (non-hydrogen) atoms. The Morgan fingerprint density at radius 3 is 2.34 bits per heavy atom. The molecule has 158 valence electrons. The van der Waals surface area contributed by atoms with Gasteiger partial charge >= 0.3 is 0 Å². The van der Waals surface area contributed by atoms with Crippen molar-refractivity contribution in [3.05, 3.63) is 70.5 Å². The maximum atomic E-state index is 14.7. The van der Waals surface area contributed by atoms with Gasteiger partial charge in [0.25, 0.3) is 10.0 Å². The van der Waals surface area contributed by atoms with Crippen LogP contribution in [0.15, 0.2) is 59.5 Å². The molecule has 2 rings (SSSR count). The highest BCUT2D eigenvalue weighted by Crippen LogP contribution is 2.33. The summed E-state index contributed by atoms with van der Waals surface area (Å²) in [7, 11) is -5.15. The minimum Gasteiger partial charge on any atom is -0.260 e. The van der Waals surface area contributed by atoms with E-state index in [1.54, 1.807) is 25.3 Å². The lowest BCUT2D eigenvalue weighted by Gasteiger charge is -2.31. The summed E-state index contributed by atoms with van der Waals surface area (Å²) >= 11 is 11.9. The third kappa shape index (κ3) is 6.28. The molecule has 0 N–H and O–H groups in total. The summed E-state index contributed by atoms with van der Waals surface area (Å²) in [5, 5.41) is 0.603. The minimum atomic E-state index is -4.13. The van der Waals surface area contributed by atoms with E-state index in [2.05, 4.69) is 0 Å². The number of hydrogen-bond donors (Lipinski definition) is 0. The summed E-state index contributed by atoms with van der Waals surface area (Å²) in [6, 6.07) is 8.78. The summed E-state index contributed by atoms with van der Waals surface area (Å²) in [5.41, 5.74) is -0.145. The van der Waals surface area contributed by atoms with Crippen LogP contribution < -0.4 is 4.31 Å². The van der Waals surface area contributed by atoms with Crippen LogP contribution in [0.3, 0.4) is 0 Å². The second-order valence-electron chi connectivity index (χ2n) is 6.36. The Kier molecular flexibility index (Phi) is 8.70. The molecule has 0 bridgehead atoms. The topological polar surface area (TPSA) is 54.5 Å². The lowest BCUT2D eigenvalue weighted by molar-refractivity contribution is 0.570. The molecule has 1 unspecified atom stereocenters. The first kappa shape index (κ1) is 23.9. The molecule has 0 radical (unpaired) electrons. The van der Waals surface area contributed by atoms with Gasteiger partial charge in [0, 0.05) is 32.9 Å². The molecule has 0 saturated heterocycles. The van der Waals surface area contributed by atoms with Crippen LogP contribution in [0.2, 0.25) is 10.0 Å². The van der Waals surface area contributed by atoms with Gasteiger partial charge in [-0.05, 0) is 62.2 Å². The zero-order chi connectivity index (χ0) is 21.6. The van der Waals surface area contributed by atoms with Crippen LogP contribution in [-0.2, 0) is 20.8 Å². The first-order chi connectivity index (χ1) is 13.7. The molecular weight excluding hydrogens is 456 g/mol. The smallest absolute Gasteiger partial charge is 0.260 e. The monoisotopic (exact) mass is 477 g/mol. The van der Waals surface area contributed by atoms with Crippen LogP contribution in [0.25, 0.3) is 0 Å². The first-order valence-corrected chi connectivity index (χ1v) is 12.8. The summed E-state index contributed by atoms with van der Waals surface area (Å²) in [6.07, 6.45) is 5.85. The molecule has 0 amide bonds. The van der Waals surface area contributed by atoms with E-state index in [0.29, 0.717) is 23.6 Å². The van der Waals surface area contributed by atoms with Gasteiger partial charge in [0.15, 0.2) is 0 Å². The van der Waals surface area contributed by atoms with Gasteiger partial charge in [-0.25, -0.2) is 12.8 Å². The van der Waals surface area contributed by atoms with Gasteiger partial charge in [-0.2, -0.15) is 0 Å². The Balaban J connectivity index is 2.61. The van der Waals surface area contributed by atoms with Crippen LogP contribution in [0, 0.1) is 5.82 Å². The molecule has 4 nitrogen and oxygen atoms in total. The minimum absolute atomic E-state index is 0.0187. The molecule has 2 atom stereocenters. The van der Waals surface area contributed by atoms with Crippen LogP contribution in [0.1, 0.15) is 19.8 Å². The van der Waals surface area contributed by atoms with Crippen molar-refractivity contribution in [2.24, 2.45) is 0 Å². The molecule has 0 aliphatic carbocycles. The molecule has 2 aromatic rings.